The Kier molecular flexibility index (Phi) is 6.66. The molecule has 0 N–H and O–H groups in total. The highest BCUT2D eigenvalue weighted by atomic mass is 35.5. The van der Waals surface area contributed by atoms with Gasteiger partial charge in [0.15, 0.2) is 0 Å². The van der Waals surface area contributed by atoms with Gasteiger partial charge in [0.2, 0.25) is 5.72 Å². The number of carbonyl (C=O) groups excluding carboxylic acids is 1. The van der Waals surface area contributed by atoms with Gasteiger partial charge < -0.3 is 4.74 Å². The number of hydrogen-bond acceptors (Lipinski definition) is 3. The van der Waals surface area contributed by atoms with Gasteiger partial charge in [-0.25, -0.2) is 0 Å². The van der Waals surface area contributed by atoms with Crippen LogP contribution in [0.1, 0.15) is 33.9 Å². The van der Waals surface area contributed by atoms with Crippen LogP contribution in [0.4, 0.5) is 5.69 Å². The molecule has 0 aliphatic carbocycles. The number of thioether (sulfide) groups is 1. The molecule has 5 aromatic rings. The minimum Gasteiger partial charge on any atom is -0.462 e. The minimum absolute atomic E-state index is 0.0850. The van der Waals surface area contributed by atoms with E-state index in [9.17, 15) is 0 Å². The zero-order chi connectivity index (χ0) is 27.8. The lowest BCUT2D eigenvalue weighted by Crippen LogP contribution is -2.55. The van der Waals surface area contributed by atoms with Crippen LogP contribution in [0.25, 0.3) is 11.3 Å². The summed E-state index contributed by atoms with van der Waals surface area (Å²) < 4.78 is 7.34. The highest BCUT2D eigenvalue weighted by Crippen LogP contribution is 2.58. The molecular weight excluding hydrogens is 546 g/mol. The summed E-state index contributed by atoms with van der Waals surface area (Å²) in [6.45, 7) is 0. The molecule has 0 fully saturated rings. The van der Waals surface area contributed by atoms with Gasteiger partial charge in [-0.2, -0.15) is 0 Å². The van der Waals surface area contributed by atoms with E-state index in [4.69, 9.17) is 16.3 Å². The Hall–Kier alpha value is -4.25. The lowest BCUT2D eigenvalue weighted by Gasteiger charge is -2.48. The number of nitrogens with zero attached hydrogens (tertiary/aromatic N) is 1. The number of benzene rings is 5. The Labute approximate surface area is 249 Å². The van der Waals surface area contributed by atoms with Crippen molar-refractivity contribution in [2.75, 3.05) is 4.90 Å². The first-order valence-corrected chi connectivity index (χ1v) is 14.9. The Bertz CT molecular complexity index is 1760. The third-order valence-electron chi connectivity index (χ3n) is 7.69. The van der Waals surface area contributed by atoms with Crippen LogP contribution in [-0.4, -0.2) is 5.91 Å². The molecule has 2 heterocycles. The zero-order valence-corrected chi connectivity index (χ0v) is 23.7. The van der Waals surface area contributed by atoms with Crippen molar-refractivity contribution >= 4 is 46.3 Å². The molecule has 0 saturated carbocycles. The predicted octanol–water partition coefficient (Wildman–Crippen LogP) is 9.36. The zero-order valence-electron chi connectivity index (χ0n) is 22.1. The fourth-order valence-electron chi connectivity index (χ4n) is 5.83. The van der Waals surface area contributed by atoms with Crippen molar-refractivity contribution < 1.29 is 9.53 Å². The molecule has 7 rings (SSSR count). The lowest BCUT2D eigenvalue weighted by molar-refractivity contribution is -0.120. The second-order valence-electron chi connectivity index (χ2n) is 10.1. The smallest absolute Gasteiger partial charge is 0.266 e. The molecule has 2 aliphatic rings. The number of fused-ring (bicyclic) bond motifs is 3. The molecular formula is C36H26ClNO2S. The van der Waals surface area contributed by atoms with Crippen LogP contribution in [-0.2, 0) is 15.3 Å². The van der Waals surface area contributed by atoms with Gasteiger partial charge in [-0.1, -0.05) is 133 Å². The molecule has 0 radical (unpaired) electrons. The largest absolute Gasteiger partial charge is 0.462 e. The highest BCUT2D eigenvalue weighted by Gasteiger charge is 2.54. The maximum Gasteiger partial charge on any atom is 0.266 e. The van der Waals surface area contributed by atoms with Crippen molar-refractivity contribution in [2.24, 2.45) is 0 Å². The maximum absolute atomic E-state index is 15.1. The van der Waals surface area contributed by atoms with Crippen LogP contribution < -0.4 is 4.90 Å². The molecule has 1 amide bonds. The highest BCUT2D eigenvalue weighted by molar-refractivity contribution is 7.99. The Morgan fingerprint density at radius 1 is 0.707 bits per heavy atom. The number of carbonyl (C=O) groups is 1. The summed E-state index contributed by atoms with van der Waals surface area (Å²) in [5, 5.41) is 0.614. The van der Waals surface area contributed by atoms with Gasteiger partial charge in [0, 0.05) is 32.7 Å². The van der Waals surface area contributed by atoms with Crippen molar-refractivity contribution in [1.29, 1.82) is 0 Å². The fourth-order valence-corrected chi connectivity index (χ4v) is 7.55. The van der Waals surface area contributed by atoms with Crippen molar-refractivity contribution in [3.63, 3.8) is 0 Å². The number of halogens is 1. The molecule has 0 saturated heterocycles. The van der Waals surface area contributed by atoms with Crippen LogP contribution in [0, 0.1) is 0 Å². The molecule has 0 spiro atoms. The minimum atomic E-state index is -1.13. The van der Waals surface area contributed by atoms with Gasteiger partial charge >= 0.3 is 0 Å². The second kappa shape index (κ2) is 10.6. The Balaban J connectivity index is 1.55. The fraction of sp³-hybridized carbons (Fsp3) is 0.0833. The summed E-state index contributed by atoms with van der Waals surface area (Å²) in [4.78, 5) is 18.0. The number of ether oxygens (including phenoxy) is 1. The summed E-state index contributed by atoms with van der Waals surface area (Å²) in [7, 11) is 0. The van der Waals surface area contributed by atoms with Gasteiger partial charge in [0.25, 0.3) is 5.91 Å². The number of rotatable bonds is 4. The molecule has 200 valence electrons. The van der Waals surface area contributed by atoms with E-state index in [0.717, 1.165) is 32.8 Å². The van der Waals surface area contributed by atoms with Crippen molar-refractivity contribution in [3.05, 3.63) is 167 Å². The van der Waals surface area contributed by atoms with Crippen LogP contribution in [0.2, 0.25) is 5.02 Å². The monoisotopic (exact) mass is 571 g/mol. The van der Waals surface area contributed by atoms with E-state index in [2.05, 4.69) is 24.3 Å². The molecule has 5 aromatic carbocycles. The number of anilines is 1. The molecule has 2 aliphatic heterocycles. The van der Waals surface area contributed by atoms with E-state index in [1.165, 1.54) is 0 Å². The van der Waals surface area contributed by atoms with Crippen molar-refractivity contribution in [3.8, 4) is 0 Å². The van der Waals surface area contributed by atoms with E-state index in [1.54, 1.807) is 11.8 Å². The van der Waals surface area contributed by atoms with Crippen LogP contribution in [0.15, 0.2) is 144 Å². The molecule has 5 heteroatoms. The summed E-state index contributed by atoms with van der Waals surface area (Å²) in [6.07, 6.45) is 0.490. The first kappa shape index (κ1) is 25.7. The Morgan fingerprint density at radius 2 is 1.29 bits per heavy atom. The lowest BCUT2D eigenvalue weighted by atomic mass is 9.87. The van der Waals surface area contributed by atoms with E-state index >= 15 is 4.79 Å². The third-order valence-corrected chi connectivity index (χ3v) is 9.34. The standard InChI is InChI=1S/C36H26ClNO2S/c37-29-21-11-10-20-28(29)32-24-36(27-18-8-3-9-19-27)38(30-22-12-13-23-31(30)41-32)35(39)33(25-14-4-1-5-15-25)34(40-36)26-16-6-2-7-17-26/h1-23,32H,24H2/t32-,36-/m1/s1. The Morgan fingerprint density at radius 3 is 2.00 bits per heavy atom. The second-order valence-corrected chi connectivity index (χ2v) is 11.8. The predicted molar refractivity (Wildman–Crippen MR) is 167 cm³/mol. The average Bonchev–Trinajstić information content (AvgIpc) is 3.18. The van der Waals surface area contributed by atoms with E-state index in [-0.39, 0.29) is 11.2 Å². The maximum atomic E-state index is 15.1. The van der Waals surface area contributed by atoms with Gasteiger partial charge in [0.05, 0.1) is 11.3 Å². The molecule has 3 nitrogen and oxygen atoms in total. The van der Waals surface area contributed by atoms with Gasteiger partial charge in [-0.05, 0) is 29.3 Å². The average molecular weight is 572 g/mol. The van der Waals surface area contributed by atoms with Gasteiger partial charge in [0.1, 0.15) is 5.76 Å². The first-order chi connectivity index (χ1) is 20.2. The van der Waals surface area contributed by atoms with Crippen LogP contribution in [0.5, 0.6) is 0 Å². The number of amides is 1. The van der Waals surface area contributed by atoms with Crippen LogP contribution >= 0.6 is 23.4 Å². The SMILES string of the molecule is O=C1C(c2ccccc2)=C(c2ccccc2)O[C@@]2(c3ccccc3)C[C@H](c3ccccc3Cl)Sc3ccccc3N12. The summed E-state index contributed by atoms with van der Waals surface area (Å²) in [5.74, 6) is 0.474. The summed E-state index contributed by atoms with van der Waals surface area (Å²) >= 11 is 8.54. The van der Waals surface area contributed by atoms with E-state index < -0.39 is 5.72 Å². The van der Waals surface area contributed by atoms with E-state index in [0.29, 0.717) is 22.8 Å². The molecule has 2 atom stereocenters. The van der Waals surface area contributed by atoms with Gasteiger partial charge in [-0.3, -0.25) is 9.69 Å². The van der Waals surface area contributed by atoms with Gasteiger partial charge in [-0.15, -0.1) is 11.8 Å². The normalized spacial score (nSPS) is 20.1. The molecule has 41 heavy (non-hydrogen) atoms. The summed E-state index contributed by atoms with van der Waals surface area (Å²) in [5.41, 5.74) is 3.82. The quantitative estimate of drug-likeness (QED) is 0.215. The van der Waals surface area contributed by atoms with Crippen molar-refractivity contribution in [1.82, 2.24) is 0 Å². The topological polar surface area (TPSA) is 29.5 Å². The third kappa shape index (κ3) is 4.44. The molecule has 0 unspecified atom stereocenters. The van der Waals surface area contributed by atoms with Crippen molar-refractivity contribution in [2.45, 2.75) is 22.3 Å². The summed E-state index contributed by atoms with van der Waals surface area (Å²) in [6, 6.07) is 45.9. The molecule has 0 aromatic heterocycles. The first-order valence-electron chi connectivity index (χ1n) is 13.6. The number of hydrogen-bond donors (Lipinski definition) is 0. The van der Waals surface area contributed by atoms with Crippen LogP contribution in [0.3, 0.4) is 0 Å². The molecule has 0 bridgehead atoms. The van der Waals surface area contributed by atoms with E-state index in [1.807, 2.05) is 120 Å². The number of para-hydroxylation sites is 1.